The van der Waals surface area contributed by atoms with Crippen LogP contribution in [0.25, 0.3) is 0 Å². The Balaban J connectivity index is 1.33. The van der Waals surface area contributed by atoms with Crippen LogP contribution in [0.5, 0.6) is 0 Å². The van der Waals surface area contributed by atoms with Crippen molar-refractivity contribution >= 4 is 0 Å². The van der Waals surface area contributed by atoms with Crippen LogP contribution in [0.1, 0.15) is 31.0 Å². The zero-order valence-electron chi connectivity index (χ0n) is 14.6. The largest absolute Gasteiger partial charge is 0.308 e. The van der Waals surface area contributed by atoms with Crippen LogP contribution in [-0.4, -0.2) is 33.8 Å². The average Bonchev–Trinajstić information content (AvgIpc) is 3.29. The van der Waals surface area contributed by atoms with Crippen LogP contribution in [0.2, 0.25) is 0 Å². The number of likely N-dealkylation sites (tertiary alicyclic amines) is 1. The van der Waals surface area contributed by atoms with Crippen molar-refractivity contribution in [2.75, 3.05) is 13.1 Å². The lowest BCUT2D eigenvalue weighted by atomic mass is 9.98. The lowest BCUT2D eigenvalue weighted by Gasteiger charge is -2.22. The summed E-state index contributed by atoms with van der Waals surface area (Å²) in [5.74, 6) is 1.69. The molecule has 2 aromatic rings. The van der Waals surface area contributed by atoms with Crippen molar-refractivity contribution in [3.05, 3.63) is 53.9 Å². The summed E-state index contributed by atoms with van der Waals surface area (Å²) >= 11 is 0. The number of rotatable bonds is 6. The van der Waals surface area contributed by atoms with Gasteiger partial charge in [-0.3, -0.25) is 9.58 Å². The van der Waals surface area contributed by atoms with E-state index in [0.717, 1.165) is 31.5 Å². The van der Waals surface area contributed by atoms with E-state index in [9.17, 15) is 0 Å². The molecule has 0 bridgehead atoms. The Labute approximate surface area is 144 Å². The van der Waals surface area contributed by atoms with Gasteiger partial charge >= 0.3 is 0 Å². The molecule has 4 nitrogen and oxygen atoms in total. The van der Waals surface area contributed by atoms with Gasteiger partial charge in [-0.15, -0.1) is 0 Å². The molecule has 1 aromatic carbocycles. The highest BCUT2D eigenvalue weighted by Crippen LogP contribution is 2.38. The molecule has 1 saturated heterocycles. The van der Waals surface area contributed by atoms with E-state index >= 15 is 0 Å². The van der Waals surface area contributed by atoms with Gasteiger partial charge in [0.1, 0.15) is 0 Å². The summed E-state index contributed by atoms with van der Waals surface area (Å²) in [5.41, 5.74) is 2.74. The molecule has 0 spiro atoms. The first-order chi connectivity index (χ1) is 11.8. The zero-order valence-corrected chi connectivity index (χ0v) is 14.6. The van der Waals surface area contributed by atoms with Crippen molar-refractivity contribution in [1.29, 1.82) is 0 Å². The number of aryl methyl sites for hydroxylation is 1. The van der Waals surface area contributed by atoms with Crippen molar-refractivity contribution in [3.63, 3.8) is 0 Å². The van der Waals surface area contributed by atoms with Gasteiger partial charge in [0, 0.05) is 45.0 Å². The molecule has 0 amide bonds. The quantitative estimate of drug-likeness (QED) is 0.887. The van der Waals surface area contributed by atoms with Gasteiger partial charge < -0.3 is 5.32 Å². The van der Waals surface area contributed by atoms with Gasteiger partial charge in [0.15, 0.2) is 0 Å². The predicted octanol–water partition coefficient (Wildman–Crippen LogP) is 2.90. The fourth-order valence-electron chi connectivity index (χ4n) is 4.61. The molecule has 2 fully saturated rings. The summed E-state index contributed by atoms with van der Waals surface area (Å²) in [6.45, 7) is 7.66. The number of aromatic nitrogens is 2. The Kier molecular flexibility index (Phi) is 4.67. The maximum Gasteiger partial charge on any atom is 0.0522 e. The molecule has 1 aliphatic carbocycles. The van der Waals surface area contributed by atoms with Gasteiger partial charge in [0.25, 0.3) is 0 Å². The topological polar surface area (TPSA) is 33.1 Å². The molecule has 128 valence electrons. The summed E-state index contributed by atoms with van der Waals surface area (Å²) in [6, 6.07) is 13.7. The van der Waals surface area contributed by atoms with E-state index in [1.165, 1.54) is 37.2 Å². The molecular formula is C20H28N4. The minimum atomic E-state index is 0.663. The van der Waals surface area contributed by atoms with Crippen LogP contribution in [0, 0.1) is 11.8 Å². The molecule has 0 radical (unpaired) electrons. The molecule has 2 aliphatic rings. The van der Waals surface area contributed by atoms with Gasteiger partial charge in [0.2, 0.25) is 0 Å². The predicted molar refractivity (Wildman–Crippen MR) is 96.5 cm³/mol. The first-order valence-corrected chi connectivity index (χ1v) is 9.34. The van der Waals surface area contributed by atoms with Gasteiger partial charge in [0.05, 0.1) is 5.69 Å². The molecule has 0 unspecified atom stereocenters. The SMILES string of the molecule is CCn1nccc1CN[C@@H]1CC[C@H]2CN(Cc3ccccc3)C[C@@H]21. The first kappa shape index (κ1) is 15.9. The summed E-state index contributed by atoms with van der Waals surface area (Å²) in [7, 11) is 0. The Morgan fingerprint density at radius 1 is 1.12 bits per heavy atom. The van der Waals surface area contributed by atoms with E-state index in [1.807, 2.05) is 6.20 Å². The second-order valence-corrected chi connectivity index (χ2v) is 7.31. The normalized spacial score (nSPS) is 26.8. The van der Waals surface area contributed by atoms with Gasteiger partial charge in [-0.05, 0) is 43.2 Å². The third kappa shape index (κ3) is 3.26. The van der Waals surface area contributed by atoms with Crippen LogP contribution >= 0.6 is 0 Å². The minimum absolute atomic E-state index is 0.663. The van der Waals surface area contributed by atoms with Crippen molar-refractivity contribution in [2.45, 2.75) is 45.4 Å². The second kappa shape index (κ2) is 7.08. The van der Waals surface area contributed by atoms with Crippen molar-refractivity contribution < 1.29 is 0 Å². The highest BCUT2D eigenvalue weighted by atomic mass is 15.3. The van der Waals surface area contributed by atoms with Gasteiger partial charge in [-0.2, -0.15) is 5.10 Å². The third-order valence-electron chi connectivity index (χ3n) is 5.83. The van der Waals surface area contributed by atoms with Crippen LogP contribution in [0.15, 0.2) is 42.6 Å². The highest BCUT2D eigenvalue weighted by Gasteiger charge is 2.42. The standard InChI is InChI=1S/C20H28N4/c1-2-24-18(10-11-22-24)12-21-20-9-8-17-14-23(15-19(17)20)13-16-6-4-3-5-7-16/h3-7,10-11,17,19-21H,2,8-9,12-15H2,1H3/t17-,19-,20+/m0/s1. The average molecular weight is 324 g/mol. The number of nitrogens with zero attached hydrogens (tertiary/aromatic N) is 3. The molecule has 24 heavy (non-hydrogen) atoms. The molecule has 1 aliphatic heterocycles. The lowest BCUT2D eigenvalue weighted by Crippen LogP contribution is -2.35. The molecule has 1 saturated carbocycles. The fourth-order valence-corrected chi connectivity index (χ4v) is 4.61. The summed E-state index contributed by atoms with van der Waals surface area (Å²) in [6.07, 6.45) is 4.62. The number of nitrogens with one attached hydrogen (secondary N) is 1. The van der Waals surface area contributed by atoms with Crippen molar-refractivity contribution in [2.24, 2.45) is 11.8 Å². The van der Waals surface area contributed by atoms with Crippen LogP contribution in [0.4, 0.5) is 0 Å². The Bertz CT molecular complexity index is 651. The molecule has 1 aromatic heterocycles. The molecular weight excluding hydrogens is 296 g/mol. The molecule has 1 N–H and O–H groups in total. The smallest absolute Gasteiger partial charge is 0.0522 e. The number of fused-ring (bicyclic) bond motifs is 1. The lowest BCUT2D eigenvalue weighted by molar-refractivity contribution is 0.288. The zero-order chi connectivity index (χ0) is 16.4. The van der Waals surface area contributed by atoms with E-state index in [0.29, 0.717) is 6.04 Å². The Hall–Kier alpha value is -1.65. The monoisotopic (exact) mass is 324 g/mol. The molecule has 4 heteroatoms. The van der Waals surface area contributed by atoms with E-state index < -0.39 is 0 Å². The highest BCUT2D eigenvalue weighted by molar-refractivity contribution is 5.15. The second-order valence-electron chi connectivity index (χ2n) is 7.31. The molecule has 2 heterocycles. The summed E-state index contributed by atoms with van der Waals surface area (Å²) in [5, 5.41) is 8.20. The summed E-state index contributed by atoms with van der Waals surface area (Å²) < 4.78 is 2.09. The maximum absolute atomic E-state index is 4.37. The maximum atomic E-state index is 4.37. The van der Waals surface area contributed by atoms with Crippen molar-refractivity contribution in [3.8, 4) is 0 Å². The van der Waals surface area contributed by atoms with Crippen molar-refractivity contribution in [1.82, 2.24) is 20.0 Å². The first-order valence-electron chi connectivity index (χ1n) is 9.34. The minimum Gasteiger partial charge on any atom is -0.308 e. The Morgan fingerprint density at radius 3 is 2.83 bits per heavy atom. The fraction of sp³-hybridized carbons (Fsp3) is 0.550. The van der Waals surface area contributed by atoms with Crippen LogP contribution in [0.3, 0.4) is 0 Å². The molecule has 3 atom stereocenters. The van der Waals surface area contributed by atoms with E-state index in [-0.39, 0.29) is 0 Å². The number of hydrogen-bond donors (Lipinski definition) is 1. The van der Waals surface area contributed by atoms with E-state index in [2.05, 4.69) is 63.3 Å². The van der Waals surface area contributed by atoms with Crippen LogP contribution < -0.4 is 5.32 Å². The van der Waals surface area contributed by atoms with Crippen LogP contribution in [-0.2, 0) is 19.6 Å². The number of hydrogen-bond acceptors (Lipinski definition) is 3. The number of benzene rings is 1. The Morgan fingerprint density at radius 2 is 2.00 bits per heavy atom. The van der Waals surface area contributed by atoms with E-state index in [1.54, 1.807) is 0 Å². The summed E-state index contributed by atoms with van der Waals surface area (Å²) in [4.78, 5) is 2.65. The molecule has 4 rings (SSSR count). The third-order valence-corrected chi connectivity index (χ3v) is 5.83. The van der Waals surface area contributed by atoms with E-state index in [4.69, 9.17) is 0 Å². The van der Waals surface area contributed by atoms with Gasteiger partial charge in [-0.1, -0.05) is 30.3 Å². The van der Waals surface area contributed by atoms with Gasteiger partial charge in [-0.25, -0.2) is 0 Å².